The first-order valence-electron chi connectivity index (χ1n) is 19.0. The molecule has 0 heterocycles. The maximum atomic E-state index is 15.2. The summed E-state index contributed by atoms with van der Waals surface area (Å²) in [4.78, 5) is 28.6. The van der Waals surface area contributed by atoms with E-state index in [1.165, 1.54) is 0 Å². The number of carbonyl (C=O) groups excluding carboxylic acids is 1. The molecule has 0 spiro atoms. The van der Waals surface area contributed by atoms with Crippen LogP contribution in [0.25, 0.3) is 11.1 Å². The number of nitro benzene ring substituents is 1. The molecule has 0 fully saturated rings. The van der Waals surface area contributed by atoms with Gasteiger partial charge in [0.25, 0.3) is 5.69 Å². The number of hydrogen-bond acceptors (Lipinski definition) is 6. The number of carbonyl (C=O) groups is 1. The third-order valence-corrected chi connectivity index (χ3v) is 10.1. The van der Waals surface area contributed by atoms with Crippen LogP contribution in [0.15, 0.2) is 152 Å². The molecule has 0 atom stereocenters. The molecule has 0 saturated heterocycles. The van der Waals surface area contributed by atoms with Gasteiger partial charge in [-0.25, -0.2) is 4.79 Å². The number of nitrogens with zero attached hydrogens (tertiary/aromatic N) is 1. The predicted molar refractivity (Wildman–Crippen MR) is 222 cm³/mol. The lowest BCUT2D eigenvalue weighted by Crippen LogP contribution is -2.38. The maximum Gasteiger partial charge on any atom is 0.347 e. The van der Waals surface area contributed by atoms with Gasteiger partial charge in [0.1, 0.15) is 17.1 Å². The van der Waals surface area contributed by atoms with Crippen LogP contribution in [0, 0.1) is 10.1 Å². The zero-order valence-electron chi connectivity index (χ0n) is 32.1. The van der Waals surface area contributed by atoms with Gasteiger partial charge in [0.2, 0.25) is 10.5 Å². The lowest BCUT2D eigenvalue weighted by molar-refractivity contribution is -0.385. The van der Waals surface area contributed by atoms with Crippen molar-refractivity contribution in [1.29, 1.82) is 0 Å². The fourth-order valence-electron chi connectivity index (χ4n) is 7.45. The Bertz CT molecular complexity index is 2110. The standard InChI is InChI=1S/C48H46NO6Si/c1-47(2,3)43-44(49(51)52)41(35-23-11-6-12-24-35)40(33-21-4-5-22-34-53-56)42(46(50)54-39-31-19-10-20-32-39)45(43)55-48(36-25-13-7-14-26-36,37-27-15-8-16-28-37)38-29-17-9-18-30-38/h6-20,23-32H,4-5,21-22,33-34H2,1-3H3. The minimum absolute atomic E-state index is 0.0968. The van der Waals surface area contributed by atoms with Crippen molar-refractivity contribution in [2.75, 3.05) is 6.61 Å². The van der Waals surface area contributed by atoms with Gasteiger partial charge in [0, 0.05) is 23.3 Å². The number of esters is 1. The van der Waals surface area contributed by atoms with Crippen molar-refractivity contribution in [3.8, 4) is 22.6 Å². The van der Waals surface area contributed by atoms with Crippen LogP contribution in [0.2, 0.25) is 0 Å². The van der Waals surface area contributed by atoms with Crippen LogP contribution in [0.4, 0.5) is 5.69 Å². The molecule has 7 nitrogen and oxygen atoms in total. The molecule has 3 radical (unpaired) electrons. The summed E-state index contributed by atoms with van der Waals surface area (Å²) in [5, 5.41) is 13.8. The quantitative estimate of drug-likeness (QED) is 0.0186. The summed E-state index contributed by atoms with van der Waals surface area (Å²) < 4.78 is 19.0. The number of ether oxygens (including phenoxy) is 2. The molecule has 0 bridgehead atoms. The van der Waals surface area contributed by atoms with Crippen LogP contribution in [-0.4, -0.2) is 28.0 Å². The molecule has 6 aromatic rings. The molecular formula is C48H46NO6Si. The maximum absolute atomic E-state index is 15.2. The van der Waals surface area contributed by atoms with Crippen LogP contribution in [0.3, 0.4) is 0 Å². The highest BCUT2D eigenvalue weighted by Crippen LogP contribution is 2.53. The molecule has 6 aromatic carbocycles. The molecule has 8 heteroatoms. The molecule has 56 heavy (non-hydrogen) atoms. The van der Waals surface area contributed by atoms with Crippen LogP contribution < -0.4 is 9.47 Å². The minimum Gasteiger partial charge on any atom is -0.472 e. The number of benzene rings is 6. The van der Waals surface area contributed by atoms with E-state index in [0.717, 1.165) is 36.0 Å². The zero-order chi connectivity index (χ0) is 39.5. The number of unbranched alkanes of at least 4 members (excludes halogenated alkanes) is 3. The third-order valence-electron chi connectivity index (χ3n) is 9.90. The van der Waals surface area contributed by atoms with Gasteiger partial charge in [-0.3, -0.25) is 10.1 Å². The molecule has 0 N–H and O–H groups in total. The molecular weight excluding hydrogens is 715 g/mol. The van der Waals surface area contributed by atoms with Crippen molar-refractivity contribution in [2.24, 2.45) is 0 Å². The molecule has 0 saturated carbocycles. The Labute approximate surface area is 333 Å². The second-order valence-electron chi connectivity index (χ2n) is 14.8. The summed E-state index contributed by atoms with van der Waals surface area (Å²) >= 11 is 0. The van der Waals surface area contributed by atoms with Gasteiger partial charge in [0.05, 0.1) is 16.1 Å². The van der Waals surface area contributed by atoms with Gasteiger partial charge < -0.3 is 13.9 Å². The summed E-state index contributed by atoms with van der Waals surface area (Å²) in [5.41, 5.74) is 1.98. The van der Waals surface area contributed by atoms with Crippen molar-refractivity contribution in [2.45, 2.75) is 63.9 Å². The third kappa shape index (κ3) is 8.67. The van der Waals surface area contributed by atoms with Crippen LogP contribution >= 0.6 is 0 Å². The van der Waals surface area contributed by atoms with Crippen LogP contribution in [0.5, 0.6) is 11.5 Å². The number of para-hydroxylation sites is 1. The second-order valence-corrected chi connectivity index (χ2v) is 15.0. The smallest absolute Gasteiger partial charge is 0.347 e. The zero-order valence-corrected chi connectivity index (χ0v) is 33.1. The highest BCUT2D eigenvalue weighted by molar-refractivity contribution is 6.01. The largest absolute Gasteiger partial charge is 0.472 e. The Kier molecular flexibility index (Phi) is 13.0. The van der Waals surface area contributed by atoms with E-state index >= 15 is 4.79 Å². The average Bonchev–Trinajstić information content (AvgIpc) is 3.22. The van der Waals surface area contributed by atoms with Gasteiger partial charge in [0.15, 0.2) is 5.60 Å². The summed E-state index contributed by atoms with van der Waals surface area (Å²) in [6.07, 6.45) is 3.53. The van der Waals surface area contributed by atoms with Crippen LogP contribution in [-0.2, 0) is 21.9 Å². The monoisotopic (exact) mass is 760 g/mol. The van der Waals surface area contributed by atoms with Crippen molar-refractivity contribution in [1.82, 2.24) is 0 Å². The summed E-state index contributed by atoms with van der Waals surface area (Å²) in [6, 6.07) is 47.6. The first kappa shape index (κ1) is 39.8. The van der Waals surface area contributed by atoms with E-state index in [1.54, 1.807) is 24.3 Å². The van der Waals surface area contributed by atoms with Gasteiger partial charge >= 0.3 is 5.97 Å². The summed E-state index contributed by atoms with van der Waals surface area (Å²) in [5.74, 6) is -0.195. The first-order valence-corrected chi connectivity index (χ1v) is 19.4. The van der Waals surface area contributed by atoms with Gasteiger partial charge in [-0.15, -0.1) is 0 Å². The first-order chi connectivity index (χ1) is 27.2. The second kappa shape index (κ2) is 18.2. The predicted octanol–water partition coefficient (Wildman–Crippen LogP) is 11.4. The summed E-state index contributed by atoms with van der Waals surface area (Å²) in [6.45, 7) is 6.32. The fraction of sp³-hybridized carbons (Fsp3) is 0.229. The van der Waals surface area contributed by atoms with Gasteiger partial charge in [-0.2, -0.15) is 0 Å². The fourth-order valence-corrected chi connectivity index (χ4v) is 7.59. The van der Waals surface area contributed by atoms with E-state index in [1.807, 2.05) is 148 Å². The van der Waals surface area contributed by atoms with Crippen molar-refractivity contribution >= 4 is 22.1 Å². The summed E-state index contributed by atoms with van der Waals surface area (Å²) in [7, 11) is 3.09. The lowest BCUT2D eigenvalue weighted by Gasteiger charge is -2.39. The molecule has 6 rings (SSSR count). The van der Waals surface area contributed by atoms with E-state index in [4.69, 9.17) is 13.9 Å². The van der Waals surface area contributed by atoms with Crippen molar-refractivity contribution in [3.63, 3.8) is 0 Å². The Morgan fingerprint density at radius 1 is 0.661 bits per heavy atom. The van der Waals surface area contributed by atoms with E-state index in [0.29, 0.717) is 47.5 Å². The normalized spacial score (nSPS) is 11.6. The number of hydrogen-bond donors (Lipinski definition) is 0. The highest BCUT2D eigenvalue weighted by atomic mass is 28.2. The molecule has 283 valence electrons. The molecule has 0 aliphatic rings. The topological polar surface area (TPSA) is 87.9 Å². The lowest BCUT2D eigenvalue weighted by atomic mass is 9.76. The van der Waals surface area contributed by atoms with Gasteiger partial charge in [-0.05, 0) is 47.9 Å². The number of rotatable bonds is 16. The average molecular weight is 761 g/mol. The highest BCUT2D eigenvalue weighted by Gasteiger charge is 2.46. The molecule has 0 unspecified atom stereocenters. The van der Waals surface area contributed by atoms with E-state index < -0.39 is 17.0 Å². The SMILES string of the molecule is CC(C)(C)c1c(OC(c2ccccc2)(c2ccccc2)c2ccccc2)c(C(=O)Oc2ccccc2)c(CCCCCCO[Si])c(-c2ccccc2)c1[N+](=O)[O-]. The van der Waals surface area contributed by atoms with Crippen LogP contribution in [0.1, 0.15) is 84.6 Å². The Balaban J connectivity index is 1.77. The molecule has 0 aliphatic heterocycles. The van der Waals surface area contributed by atoms with Crippen molar-refractivity contribution in [3.05, 3.63) is 195 Å². The Morgan fingerprint density at radius 3 is 1.59 bits per heavy atom. The number of nitro groups is 1. The minimum atomic E-state index is -1.36. The van der Waals surface area contributed by atoms with Gasteiger partial charge in [-0.1, -0.05) is 173 Å². The van der Waals surface area contributed by atoms with E-state index in [-0.39, 0.29) is 21.9 Å². The molecule has 0 amide bonds. The molecule has 0 aliphatic carbocycles. The molecule has 0 aromatic heterocycles. The van der Waals surface area contributed by atoms with E-state index in [2.05, 4.69) is 10.5 Å². The Hall–Kier alpha value is -5.83. The Morgan fingerprint density at radius 2 is 1.12 bits per heavy atom. The van der Waals surface area contributed by atoms with E-state index in [9.17, 15) is 10.1 Å². The van der Waals surface area contributed by atoms with Crippen molar-refractivity contribution < 1.29 is 23.6 Å².